The Morgan fingerprint density at radius 3 is 2.75 bits per heavy atom. The van der Waals surface area contributed by atoms with Crippen LogP contribution in [0.1, 0.15) is 54.8 Å². The van der Waals surface area contributed by atoms with Crippen LogP contribution in [0.2, 0.25) is 0 Å². The van der Waals surface area contributed by atoms with Gasteiger partial charge in [-0.3, -0.25) is 4.79 Å². The van der Waals surface area contributed by atoms with Crippen molar-refractivity contribution in [1.82, 2.24) is 15.0 Å². The first-order chi connectivity index (χ1) is 7.79. The Hall–Kier alpha value is -1.19. The lowest BCUT2D eigenvalue weighted by Crippen LogP contribution is -2.13. The van der Waals surface area contributed by atoms with Crippen LogP contribution in [0, 0.1) is 11.8 Å². The normalized spacial score (nSPS) is 22.1. The molecule has 4 heteroatoms. The average Bonchev–Trinajstić information content (AvgIpc) is 3.14. The fourth-order valence-corrected chi connectivity index (χ4v) is 2.32. The van der Waals surface area contributed by atoms with E-state index in [9.17, 15) is 4.79 Å². The van der Waals surface area contributed by atoms with Gasteiger partial charge in [0, 0.05) is 0 Å². The maximum Gasteiger partial charge on any atom is 0.172 e. The van der Waals surface area contributed by atoms with Crippen LogP contribution in [-0.2, 0) is 6.42 Å². The van der Waals surface area contributed by atoms with Gasteiger partial charge in [0.2, 0.25) is 0 Å². The lowest BCUT2D eigenvalue weighted by atomic mass is 10.1. The number of nitrogens with zero attached hydrogens (tertiary/aromatic N) is 3. The highest BCUT2D eigenvalue weighted by molar-refractivity contribution is 5.73. The van der Waals surface area contributed by atoms with Crippen LogP contribution in [0.15, 0.2) is 0 Å². The number of aromatic nitrogens is 3. The summed E-state index contributed by atoms with van der Waals surface area (Å²) in [6.45, 7) is 2.19. The van der Waals surface area contributed by atoms with Crippen LogP contribution in [0.25, 0.3) is 0 Å². The van der Waals surface area contributed by atoms with Gasteiger partial charge < -0.3 is 0 Å². The molecule has 2 saturated carbocycles. The number of carbonyl (C=O) groups excluding carboxylic acids is 1. The zero-order chi connectivity index (χ0) is 11.1. The molecule has 0 aliphatic heterocycles. The van der Waals surface area contributed by atoms with Gasteiger partial charge in [-0.05, 0) is 50.9 Å². The second-order valence-corrected chi connectivity index (χ2v) is 5.21. The number of carbonyl (C=O) groups is 1. The predicted molar refractivity (Wildman–Crippen MR) is 59.3 cm³/mol. The summed E-state index contributed by atoms with van der Waals surface area (Å²) in [7, 11) is 0. The first-order valence-corrected chi connectivity index (χ1v) is 6.19. The van der Waals surface area contributed by atoms with Crippen LogP contribution < -0.4 is 0 Å². The summed E-state index contributed by atoms with van der Waals surface area (Å²) in [5.74, 6) is 1.52. The average molecular weight is 219 g/mol. The Morgan fingerprint density at radius 2 is 2.19 bits per heavy atom. The maximum absolute atomic E-state index is 10.9. The number of hydrogen-bond donors (Lipinski definition) is 0. The lowest BCUT2D eigenvalue weighted by molar-refractivity contribution is 0.111. The van der Waals surface area contributed by atoms with Crippen molar-refractivity contribution in [1.29, 1.82) is 0 Å². The first-order valence-electron chi connectivity index (χ1n) is 6.19. The molecule has 16 heavy (non-hydrogen) atoms. The zero-order valence-electron chi connectivity index (χ0n) is 9.59. The quantitative estimate of drug-likeness (QED) is 0.712. The summed E-state index contributed by atoms with van der Waals surface area (Å²) < 4.78 is 2.00. The van der Waals surface area contributed by atoms with Crippen LogP contribution in [0.3, 0.4) is 0 Å². The summed E-state index contributed by atoms with van der Waals surface area (Å²) in [6, 6.07) is 0.412. The van der Waals surface area contributed by atoms with Crippen LogP contribution in [-0.4, -0.2) is 21.3 Å². The topological polar surface area (TPSA) is 47.8 Å². The minimum absolute atomic E-state index is 0.412. The van der Waals surface area contributed by atoms with Gasteiger partial charge in [0.25, 0.3) is 0 Å². The molecule has 2 aliphatic carbocycles. The molecule has 2 aliphatic rings. The third-order valence-electron chi connectivity index (χ3n) is 3.80. The monoisotopic (exact) mass is 219 g/mol. The van der Waals surface area contributed by atoms with E-state index in [1.165, 1.54) is 25.7 Å². The summed E-state index contributed by atoms with van der Waals surface area (Å²) in [6.07, 6.45) is 7.00. The highest BCUT2D eigenvalue weighted by atomic mass is 16.1. The minimum atomic E-state index is 0.412. The molecule has 0 saturated heterocycles. The number of aldehydes is 1. The van der Waals surface area contributed by atoms with Gasteiger partial charge in [-0.2, -0.15) is 0 Å². The summed E-state index contributed by atoms with van der Waals surface area (Å²) in [5.41, 5.74) is 1.62. The molecule has 1 heterocycles. The van der Waals surface area contributed by atoms with Crippen molar-refractivity contribution >= 4 is 6.29 Å². The SMILES string of the molecule is CC(C1CC1)n1nnc(C=O)c1CC1CC1. The Kier molecular flexibility index (Phi) is 2.30. The number of rotatable bonds is 5. The molecule has 1 aromatic heterocycles. The van der Waals surface area contributed by atoms with E-state index in [0.29, 0.717) is 11.7 Å². The predicted octanol–water partition coefficient (Wildman–Crippen LogP) is 2.01. The van der Waals surface area contributed by atoms with Crippen molar-refractivity contribution in [2.45, 2.75) is 45.1 Å². The molecule has 1 unspecified atom stereocenters. The van der Waals surface area contributed by atoms with E-state index in [0.717, 1.165) is 30.2 Å². The molecular formula is C12H17N3O. The molecule has 86 valence electrons. The van der Waals surface area contributed by atoms with Crippen molar-refractivity contribution < 1.29 is 4.79 Å². The summed E-state index contributed by atoms with van der Waals surface area (Å²) in [4.78, 5) is 10.9. The van der Waals surface area contributed by atoms with E-state index < -0.39 is 0 Å². The van der Waals surface area contributed by atoms with Gasteiger partial charge in [-0.25, -0.2) is 4.68 Å². The molecule has 0 amide bonds. The van der Waals surface area contributed by atoms with Crippen LogP contribution in [0.4, 0.5) is 0 Å². The highest BCUT2D eigenvalue weighted by Crippen LogP contribution is 2.40. The smallest absolute Gasteiger partial charge is 0.172 e. The molecule has 3 rings (SSSR count). The van der Waals surface area contributed by atoms with E-state index in [1.54, 1.807) is 0 Å². The van der Waals surface area contributed by atoms with E-state index in [2.05, 4.69) is 17.2 Å². The molecule has 0 aromatic carbocycles. The third kappa shape index (κ3) is 1.77. The molecule has 4 nitrogen and oxygen atoms in total. The summed E-state index contributed by atoms with van der Waals surface area (Å²) >= 11 is 0. The Balaban J connectivity index is 1.88. The molecule has 1 atom stereocenters. The molecule has 0 spiro atoms. The minimum Gasteiger partial charge on any atom is -0.296 e. The van der Waals surface area contributed by atoms with Crippen molar-refractivity contribution in [3.63, 3.8) is 0 Å². The molecule has 2 fully saturated rings. The Morgan fingerprint density at radius 1 is 1.44 bits per heavy atom. The van der Waals surface area contributed by atoms with Crippen LogP contribution in [0.5, 0.6) is 0 Å². The van der Waals surface area contributed by atoms with Gasteiger partial charge in [0.15, 0.2) is 6.29 Å². The molecular weight excluding hydrogens is 202 g/mol. The largest absolute Gasteiger partial charge is 0.296 e. The molecule has 0 radical (unpaired) electrons. The van der Waals surface area contributed by atoms with Crippen molar-refractivity contribution in [3.05, 3.63) is 11.4 Å². The van der Waals surface area contributed by atoms with Gasteiger partial charge in [-0.15, -0.1) is 5.10 Å². The van der Waals surface area contributed by atoms with Gasteiger partial charge in [0.1, 0.15) is 5.69 Å². The van der Waals surface area contributed by atoms with Gasteiger partial charge in [0.05, 0.1) is 11.7 Å². The number of hydrogen-bond acceptors (Lipinski definition) is 3. The molecule has 0 bridgehead atoms. The molecule has 1 aromatic rings. The second-order valence-electron chi connectivity index (χ2n) is 5.21. The lowest BCUT2D eigenvalue weighted by Gasteiger charge is -2.13. The van der Waals surface area contributed by atoms with E-state index in [4.69, 9.17) is 0 Å². The fourth-order valence-electron chi connectivity index (χ4n) is 2.32. The van der Waals surface area contributed by atoms with Crippen molar-refractivity contribution in [2.75, 3.05) is 0 Å². The van der Waals surface area contributed by atoms with E-state index >= 15 is 0 Å². The van der Waals surface area contributed by atoms with Crippen LogP contribution >= 0.6 is 0 Å². The van der Waals surface area contributed by atoms with Crippen molar-refractivity contribution in [2.24, 2.45) is 11.8 Å². The first kappa shape index (κ1) is 10.00. The summed E-state index contributed by atoms with van der Waals surface area (Å²) in [5, 5.41) is 8.16. The third-order valence-corrected chi connectivity index (χ3v) is 3.80. The fraction of sp³-hybridized carbons (Fsp3) is 0.750. The highest BCUT2D eigenvalue weighted by Gasteiger charge is 2.33. The maximum atomic E-state index is 10.9. The van der Waals surface area contributed by atoms with E-state index in [1.807, 2.05) is 4.68 Å². The second kappa shape index (κ2) is 3.68. The molecule has 0 N–H and O–H groups in total. The Labute approximate surface area is 95.0 Å². The van der Waals surface area contributed by atoms with Gasteiger partial charge >= 0.3 is 0 Å². The van der Waals surface area contributed by atoms with Gasteiger partial charge in [-0.1, -0.05) is 5.21 Å². The Bertz CT molecular complexity index is 404. The zero-order valence-corrected chi connectivity index (χ0v) is 9.59. The van der Waals surface area contributed by atoms with E-state index in [-0.39, 0.29) is 0 Å². The standard InChI is InChI=1S/C12H17N3O/c1-8(10-4-5-10)15-12(6-9-2-3-9)11(7-16)13-14-15/h7-10H,2-6H2,1H3. The van der Waals surface area contributed by atoms with Crippen molar-refractivity contribution in [3.8, 4) is 0 Å².